The van der Waals surface area contributed by atoms with Crippen LogP contribution in [0.3, 0.4) is 0 Å². The number of nitrogens with zero attached hydrogens (tertiary/aromatic N) is 3. The van der Waals surface area contributed by atoms with Gasteiger partial charge >= 0.3 is 0 Å². The van der Waals surface area contributed by atoms with Crippen LogP contribution in [-0.2, 0) is 0 Å². The highest BCUT2D eigenvalue weighted by atomic mass is 79.9. The molecule has 0 saturated carbocycles. The van der Waals surface area contributed by atoms with Gasteiger partial charge in [0.1, 0.15) is 5.69 Å². The van der Waals surface area contributed by atoms with E-state index in [4.69, 9.17) is 5.10 Å². The number of aromatic nitrogens is 2. The van der Waals surface area contributed by atoms with E-state index in [1.807, 2.05) is 78.5 Å². The van der Waals surface area contributed by atoms with Crippen LogP contribution in [0.5, 0.6) is 0 Å². The third-order valence-corrected chi connectivity index (χ3v) is 5.00. The fraction of sp³-hybridized carbons (Fsp3) is 0.0417. The lowest BCUT2D eigenvalue weighted by atomic mass is 10.1. The van der Waals surface area contributed by atoms with Crippen LogP contribution in [-0.4, -0.2) is 21.9 Å². The Bertz CT molecular complexity index is 1210. The molecule has 0 aliphatic rings. The molecule has 0 spiro atoms. The molecule has 3 aromatic carbocycles. The van der Waals surface area contributed by atoms with Crippen molar-refractivity contribution in [3.8, 4) is 16.9 Å². The normalized spacial score (nSPS) is 11.0. The minimum Gasteiger partial charge on any atom is -0.267 e. The summed E-state index contributed by atoms with van der Waals surface area (Å²) in [5.41, 5.74) is 7.80. The number of halogens is 1. The molecule has 148 valence electrons. The molecule has 30 heavy (non-hydrogen) atoms. The van der Waals surface area contributed by atoms with Crippen LogP contribution >= 0.6 is 15.9 Å². The summed E-state index contributed by atoms with van der Waals surface area (Å²) in [5, 5.41) is 8.94. The Morgan fingerprint density at radius 2 is 1.83 bits per heavy atom. The van der Waals surface area contributed by atoms with E-state index in [2.05, 4.69) is 32.5 Å². The summed E-state index contributed by atoms with van der Waals surface area (Å²) in [7, 11) is 0. The van der Waals surface area contributed by atoms with Crippen molar-refractivity contribution < 1.29 is 4.79 Å². The molecular weight excluding hydrogens is 440 g/mol. The van der Waals surface area contributed by atoms with Crippen molar-refractivity contribution in [3.05, 3.63) is 106 Å². The highest BCUT2D eigenvalue weighted by molar-refractivity contribution is 9.10. The summed E-state index contributed by atoms with van der Waals surface area (Å²) >= 11 is 3.37. The van der Waals surface area contributed by atoms with Gasteiger partial charge in [-0.1, -0.05) is 64.0 Å². The molecule has 1 N–H and O–H groups in total. The molecular formula is C24H19BrN4O. The number of benzene rings is 3. The van der Waals surface area contributed by atoms with Crippen molar-refractivity contribution in [2.24, 2.45) is 5.10 Å². The minimum atomic E-state index is -0.278. The molecule has 0 bridgehead atoms. The number of hydrogen-bond acceptors (Lipinski definition) is 3. The number of hydrogen-bond donors (Lipinski definition) is 1. The van der Waals surface area contributed by atoms with Crippen LogP contribution in [0.2, 0.25) is 0 Å². The van der Waals surface area contributed by atoms with Crippen molar-refractivity contribution >= 4 is 28.1 Å². The molecule has 4 aromatic rings. The molecule has 1 aromatic heterocycles. The van der Waals surface area contributed by atoms with E-state index in [-0.39, 0.29) is 5.91 Å². The van der Waals surface area contributed by atoms with E-state index >= 15 is 0 Å². The van der Waals surface area contributed by atoms with Crippen LogP contribution in [0.1, 0.15) is 21.5 Å². The van der Waals surface area contributed by atoms with Gasteiger partial charge in [-0.2, -0.15) is 10.2 Å². The Labute approximate surface area is 183 Å². The maximum Gasteiger partial charge on any atom is 0.271 e. The van der Waals surface area contributed by atoms with Crippen molar-refractivity contribution in [2.45, 2.75) is 6.92 Å². The summed E-state index contributed by atoms with van der Waals surface area (Å²) in [5.74, 6) is -0.278. The predicted octanol–water partition coefficient (Wildman–Crippen LogP) is 5.37. The molecule has 0 saturated heterocycles. The van der Waals surface area contributed by atoms with Gasteiger partial charge in [0.15, 0.2) is 0 Å². The van der Waals surface area contributed by atoms with Gasteiger partial charge in [-0.3, -0.25) is 4.79 Å². The highest BCUT2D eigenvalue weighted by Crippen LogP contribution is 2.23. The van der Waals surface area contributed by atoms with Gasteiger partial charge in [0, 0.05) is 27.4 Å². The summed E-state index contributed by atoms with van der Waals surface area (Å²) in [6.45, 7) is 2.05. The third-order valence-electron chi connectivity index (χ3n) is 4.51. The Balaban J connectivity index is 1.65. The maximum absolute atomic E-state index is 12.3. The number of amides is 1. The first kappa shape index (κ1) is 19.8. The average Bonchev–Trinajstić information content (AvgIpc) is 3.18. The van der Waals surface area contributed by atoms with Crippen LogP contribution in [0.25, 0.3) is 16.9 Å². The number of carbonyl (C=O) groups is 1. The van der Waals surface area contributed by atoms with Crippen molar-refractivity contribution in [3.63, 3.8) is 0 Å². The van der Waals surface area contributed by atoms with Crippen molar-refractivity contribution in [1.29, 1.82) is 0 Å². The van der Waals surface area contributed by atoms with E-state index < -0.39 is 0 Å². The van der Waals surface area contributed by atoms with Crippen molar-refractivity contribution in [2.75, 3.05) is 0 Å². The summed E-state index contributed by atoms with van der Waals surface area (Å²) < 4.78 is 2.65. The molecule has 1 heterocycles. The SMILES string of the molecule is Cc1cccc(-c2nn(-c3ccccc3)cc2C=NNC(=O)c2cccc(Br)c2)c1. The predicted molar refractivity (Wildman–Crippen MR) is 123 cm³/mol. The standard InChI is InChI=1S/C24H19BrN4O/c1-17-7-5-8-18(13-17)23-20(16-29(28-23)22-11-3-2-4-12-22)15-26-27-24(30)19-9-6-10-21(25)14-19/h2-16H,1H3,(H,27,30). The first-order valence-corrected chi connectivity index (χ1v) is 10.2. The smallest absolute Gasteiger partial charge is 0.267 e. The van der Waals surface area contributed by atoms with E-state index in [0.29, 0.717) is 5.56 Å². The summed E-state index contributed by atoms with van der Waals surface area (Å²) in [6.07, 6.45) is 3.53. The van der Waals surface area contributed by atoms with E-state index in [0.717, 1.165) is 32.5 Å². The molecule has 0 aliphatic heterocycles. The Morgan fingerprint density at radius 1 is 1.03 bits per heavy atom. The average molecular weight is 459 g/mol. The molecule has 0 aliphatic carbocycles. The fourth-order valence-corrected chi connectivity index (χ4v) is 3.47. The molecule has 1 amide bonds. The molecule has 6 heteroatoms. The highest BCUT2D eigenvalue weighted by Gasteiger charge is 2.12. The lowest BCUT2D eigenvalue weighted by Crippen LogP contribution is -2.17. The lowest BCUT2D eigenvalue weighted by Gasteiger charge is -2.02. The first-order chi connectivity index (χ1) is 14.6. The van der Waals surface area contributed by atoms with E-state index in [1.165, 1.54) is 0 Å². The number of aryl methyl sites for hydroxylation is 1. The topological polar surface area (TPSA) is 59.3 Å². The molecule has 4 rings (SSSR count). The maximum atomic E-state index is 12.3. The Hall–Kier alpha value is -3.51. The largest absolute Gasteiger partial charge is 0.271 e. The number of rotatable bonds is 5. The quantitative estimate of drug-likeness (QED) is 0.322. The first-order valence-electron chi connectivity index (χ1n) is 9.41. The van der Waals surface area contributed by atoms with Gasteiger partial charge in [0.2, 0.25) is 0 Å². The number of hydrazone groups is 1. The molecule has 0 fully saturated rings. The number of carbonyl (C=O) groups excluding carboxylic acids is 1. The van der Waals surface area contributed by atoms with Crippen LogP contribution < -0.4 is 5.43 Å². The zero-order valence-electron chi connectivity index (χ0n) is 16.3. The van der Waals surface area contributed by atoms with Gasteiger partial charge in [-0.05, 0) is 43.3 Å². The van der Waals surface area contributed by atoms with Crippen LogP contribution in [0, 0.1) is 6.92 Å². The minimum absolute atomic E-state index is 0.278. The van der Waals surface area contributed by atoms with Gasteiger partial charge in [-0.15, -0.1) is 0 Å². The molecule has 0 atom stereocenters. The van der Waals surface area contributed by atoms with Crippen molar-refractivity contribution in [1.82, 2.24) is 15.2 Å². The fourth-order valence-electron chi connectivity index (χ4n) is 3.07. The van der Waals surface area contributed by atoms with E-state index in [9.17, 15) is 4.79 Å². The van der Waals surface area contributed by atoms with Gasteiger partial charge in [0.05, 0.1) is 11.9 Å². The molecule has 5 nitrogen and oxygen atoms in total. The molecule has 0 unspecified atom stereocenters. The number of nitrogens with one attached hydrogen (secondary N) is 1. The zero-order chi connectivity index (χ0) is 20.9. The summed E-state index contributed by atoms with van der Waals surface area (Å²) in [4.78, 5) is 12.3. The van der Waals surface area contributed by atoms with Crippen LogP contribution in [0.4, 0.5) is 0 Å². The Kier molecular flexibility index (Phi) is 5.86. The second-order valence-electron chi connectivity index (χ2n) is 6.79. The zero-order valence-corrected chi connectivity index (χ0v) is 17.9. The summed E-state index contributed by atoms with van der Waals surface area (Å²) in [6, 6.07) is 25.2. The van der Waals surface area contributed by atoms with Gasteiger partial charge in [-0.25, -0.2) is 10.1 Å². The molecule has 0 radical (unpaired) electrons. The Morgan fingerprint density at radius 3 is 2.60 bits per heavy atom. The second kappa shape index (κ2) is 8.88. The van der Waals surface area contributed by atoms with Gasteiger partial charge < -0.3 is 0 Å². The van der Waals surface area contributed by atoms with E-state index in [1.54, 1.807) is 18.3 Å². The number of para-hydroxylation sites is 1. The second-order valence-corrected chi connectivity index (χ2v) is 7.71. The monoisotopic (exact) mass is 458 g/mol. The third kappa shape index (κ3) is 4.55. The lowest BCUT2D eigenvalue weighted by molar-refractivity contribution is 0.0955. The van der Waals surface area contributed by atoms with Gasteiger partial charge in [0.25, 0.3) is 5.91 Å². The van der Waals surface area contributed by atoms with Crippen LogP contribution in [0.15, 0.2) is 94.6 Å².